The molecule has 26 heavy (non-hydrogen) atoms. The van der Waals surface area contributed by atoms with E-state index >= 15 is 0 Å². The van der Waals surface area contributed by atoms with Gasteiger partial charge in [-0.3, -0.25) is 9.78 Å². The number of nitrogen functional groups attached to an aromatic ring is 2. The molecule has 7 heteroatoms. The molecule has 6 nitrogen and oxygen atoms in total. The summed E-state index contributed by atoms with van der Waals surface area (Å²) in [5, 5.41) is 7.36. The fourth-order valence-corrected chi connectivity index (χ4v) is 3.13. The van der Waals surface area contributed by atoms with Gasteiger partial charge in [-0.15, -0.1) is 0 Å². The Morgan fingerprint density at radius 3 is 2.77 bits per heavy atom. The van der Waals surface area contributed by atoms with Crippen LogP contribution in [-0.2, 0) is 0 Å². The molecule has 6 N–H and O–H groups in total. The van der Waals surface area contributed by atoms with E-state index in [9.17, 15) is 4.79 Å². The monoisotopic (exact) mass is 461 g/mol. The number of carbonyl (C=O) groups excluding carboxylic acids is 1. The molecule has 0 saturated heterocycles. The van der Waals surface area contributed by atoms with Crippen molar-refractivity contribution >= 4 is 56.5 Å². The van der Waals surface area contributed by atoms with Crippen LogP contribution in [0, 0.1) is 3.57 Å². The van der Waals surface area contributed by atoms with Crippen molar-refractivity contribution in [1.82, 2.24) is 10.3 Å². The first-order valence-corrected chi connectivity index (χ1v) is 9.34. The van der Waals surface area contributed by atoms with Gasteiger partial charge in [-0.1, -0.05) is 0 Å². The molecule has 134 valence electrons. The van der Waals surface area contributed by atoms with Crippen LogP contribution in [0.15, 0.2) is 48.7 Å². The zero-order valence-corrected chi connectivity index (χ0v) is 16.3. The first-order valence-electron chi connectivity index (χ1n) is 8.26. The van der Waals surface area contributed by atoms with Crippen molar-refractivity contribution in [1.29, 1.82) is 0 Å². The van der Waals surface area contributed by atoms with E-state index in [1.807, 2.05) is 6.07 Å². The molecular weight excluding hydrogens is 441 g/mol. The molecule has 0 aliphatic rings. The third-order valence-corrected chi connectivity index (χ3v) is 4.65. The molecule has 2 aromatic carbocycles. The van der Waals surface area contributed by atoms with E-state index in [1.165, 1.54) is 0 Å². The number of benzene rings is 2. The maximum atomic E-state index is 12.2. The van der Waals surface area contributed by atoms with Gasteiger partial charge in [-0.25, -0.2) is 0 Å². The van der Waals surface area contributed by atoms with Gasteiger partial charge in [0.2, 0.25) is 0 Å². The maximum Gasteiger partial charge on any atom is 0.253 e. The van der Waals surface area contributed by atoms with Crippen molar-refractivity contribution in [2.24, 2.45) is 0 Å². The number of aromatic nitrogens is 1. The second-order valence-electron chi connectivity index (χ2n) is 5.90. The molecule has 0 atom stereocenters. The number of amides is 1. The van der Waals surface area contributed by atoms with Crippen LogP contribution in [0.3, 0.4) is 0 Å². The van der Waals surface area contributed by atoms with Crippen LogP contribution in [0.5, 0.6) is 0 Å². The Bertz CT molecular complexity index is 944. The highest BCUT2D eigenvalue weighted by Gasteiger charge is 2.09. The summed E-state index contributed by atoms with van der Waals surface area (Å²) in [5.74, 6) is -0.210. The van der Waals surface area contributed by atoms with Gasteiger partial charge >= 0.3 is 0 Å². The topological polar surface area (TPSA) is 106 Å². The zero-order chi connectivity index (χ0) is 18.5. The molecule has 1 amide bonds. The quantitative estimate of drug-likeness (QED) is 0.256. The highest BCUT2D eigenvalue weighted by molar-refractivity contribution is 14.1. The number of carbonyl (C=O) groups is 1. The first-order chi connectivity index (χ1) is 12.5. The summed E-state index contributed by atoms with van der Waals surface area (Å²) < 4.78 is 1.16. The minimum atomic E-state index is -0.210. The Morgan fingerprint density at radius 2 is 1.92 bits per heavy atom. The predicted octanol–water partition coefficient (Wildman–Crippen LogP) is 3.24. The average molecular weight is 461 g/mol. The van der Waals surface area contributed by atoms with Gasteiger partial charge in [-0.2, -0.15) is 0 Å². The molecule has 0 spiro atoms. The van der Waals surface area contributed by atoms with E-state index < -0.39 is 0 Å². The van der Waals surface area contributed by atoms with Crippen LogP contribution < -0.4 is 22.1 Å². The lowest BCUT2D eigenvalue weighted by Crippen LogP contribution is -2.26. The SMILES string of the molecule is Nc1ccc(N)c(C(=O)NCCCNc2ccnc3cc(I)ccc23)c1. The molecule has 1 aromatic heterocycles. The Balaban J connectivity index is 1.52. The second kappa shape index (κ2) is 8.22. The van der Waals surface area contributed by atoms with Crippen LogP contribution in [0.25, 0.3) is 10.9 Å². The lowest BCUT2D eigenvalue weighted by Gasteiger charge is -2.11. The lowest BCUT2D eigenvalue weighted by molar-refractivity contribution is 0.0954. The molecule has 0 radical (unpaired) electrons. The van der Waals surface area contributed by atoms with Crippen molar-refractivity contribution in [3.05, 3.63) is 57.8 Å². The summed E-state index contributed by atoms with van der Waals surface area (Å²) in [5.41, 5.74) is 14.9. The van der Waals surface area contributed by atoms with E-state index in [0.717, 1.165) is 33.1 Å². The molecule has 1 heterocycles. The Hall–Kier alpha value is -2.55. The Morgan fingerprint density at radius 1 is 1.08 bits per heavy atom. The second-order valence-corrected chi connectivity index (χ2v) is 7.15. The minimum absolute atomic E-state index is 0.210. The fraction of sp³-hybridized carbons (Fsp3) is 0.158. The Labute approximate surface area is 165 Å². The van der Waals surface area contributed by atoms with Gasteiger partial charge in [0.1, 0.15) is 0 Å². The smallest absolute Gasteiger partial charge is 0.253 e. The molecule has 0 fully saturated rings. The summed E-state index contributed by atoms with van der Waals surface area (Å²) in [4.78, 5) is 16.6. The third kappa shape index (κ3) is 4.34. The van der Waals surface area contributed by atoms with Crippen LogP contribution in [0.2, 0.25) is 0 Å². The molecule has 3 rings (SSSR count). The highest BCUT2D eigenvalue weighted by atomic mass is 127. The number of pyridine rings is 1. The summed E-state index contributed by atoms with van der Waals surface area (Å²) in [6.45, 7) is 1.28. The third-order valence-electron chi connectivity index (χ3n) is 3.98. The van der Waals surface area contributed by atoms with Gasteiger partial charge in [0.25, 0.3) is 5.91 Å². The minimum Gasteiger partial charge on any atom is -0.399 e. The van der Waals surface area contributed by atoms with E-state index in [-0.39, 0.29) is 5.91 Å². The van der Waals surface area contributed by atoms with Crippen molar-refractivity contribution in [3.63, 3.8) is 0 Å². The molecule has 0 saturated carbocycles. The number of anilines is 3. The predicted molar refractivity (Wildman–Crippen MR) is 115 cm³/mol. The standard InChI is InChI=1S/C19H20IN5O/c20-12-2-4-14-17(6-9-24-18(14)10-12)23-7-1-8-25-19(26)15-11-13(21)3-5-16(15)22/h2-6,9-11H,1,7-8,21-22H2,(H,23,24)(H,25,26). The van der Waals surface area contributed by atoms with Crippen molar-refractivity contribution < 1.29 is 4.79 Å². The van der Waals surface area contributed by atoms with Gasteiger partial charge in [-0.05, 0) is 71.5 Å². The summed E-state index contributed by atoms with van der Waals surface area (Å²) in [6.07, 6.45) is 2.58. The van der Waals surface area contributed by atoms with E-state index in [1.54, 1.807) is 24.4 Å². The molecule has 0 unspecified atom stereocenters. The molecule has 3 aromatic rings. The Kier molecular flexibility index (Phi) is 5.77. The van der Waals surface area contributed by atoms with Crippen molar-refractivity contribution in [2.75, 3.05) is 29.9 Å². The van der Waals surface area contributed by atoms with Gasteiger partial charge in [0.15, 0.2) is 0 Å². The first kappa shape index (κ1) is 18.2. The normalized spacial score (nSPS) is 10.7. The number of rotatable bonds is 6. The van der Waals surface area contributed by atoms with E-state index in [2.05, 4.69) is 56.4 Å². The number of halogens is 1. The van der Waals surface area contributed by atoms with Crippen LogP contribution in [0.4, 0.5) is 17.1 Å². The number of nitrogens with two attached hydrogens (primary N) is 2. The summed E-state index contributed by atoms with van der Waals surface area (Å²) >= 11 is 2.28. The van der Waals surface area contributed by atoms with Crippen molar-refractivity contribution in [3.8, 4) is 0 Å². The van der Waals surface area contributed by atoms with Crippen molar-refractivity contribution in [2.45, 2.75) is 6.42 Å². The number of hydrogen-bond donors (Lipinski definition) is 4. The highest BCUT2D eigenvalue weighted by Crippen LogP contribution is 2.23. The largest absolute Gasteiger partial charge is 0.399 e. The van der Waals surface area contributed by atoms with Crippen LogP contribution in [0.1, 0.15) is 16.8 Å². The number of nitrogens with zero attached hydrogens (tertiary/aromatic N) is 1. The van der Waals surface area contributed by atoms with Gasteiger partial charge < -0.3 is 22.1 Å². The van der Waals surface area contributed by atoms with Gasteiger partial charge in [0, 0.05) is 45.3 Å². The van der Waals surface area contributed by atoms with Gasteiger partial charge in [0.05, 0.1) is 11.1 Å². The summed E-state index contributed by atoms with van der Waals surface area (Å²) in [7, 11) is 0. The number of hydrogen-bond acceptors (Lipinski definition) is 5. The molecule has 0 bridgehead atoms. The maximum absolute atomic E-state index is 12.2. The van der Waals surface area contributed by atoms with Crippen LogP contribution in [-0.4, -0.2) is 24.0 Å². The molecule has 0 aliphatic carbocycles. The van der Waals surface area contributed by atoms with E-state index in [0.29, 0.717) is 23.5 Å². The zero-order valence-electron chi connectivity index (χ0n) is 14.1. The van der Waals surface area contributed by atoms with Crippen LogP contribution >= 0.6 is 22.6 Å². The lowest BCUT2D eigenvalue weighted by atomic mass is 10.1. The average Bonchev–Trinajstić information content (AvgIpc) is 2.63. The van der Waals surface area contributed by atoms with E-state index in [4.69, 9.17) is 11.5 Å². The summed E-state index contributed by atoms with van der Waals surface area (Å²) in [6, 6.07) is 13.0. The number of nitrogens with one attached hydrogen (secondary N) is 2. The molecular formula is C19H20IN5O. The molecule has 0 aliphatic heterocycles. The number of fused-ring (bicyclic) bond motifs is 1. The fourth-order valence-electron chi connectivity index (χ4n) is 2.65.